The quantitative estimate of drug-likeness (QED) is 0.795. The first-order valence-electron chi connectivity index (χ1n) is 8.24. The van der Waals surface area contributed by atoms with Crippen molar-refractivity contribution in [3.63, 3.8) is 0 Å². The van der Waals surface area contributed by atoms with Gasteiger partial charge in [-0.3, -0.25) is 0 Å². The zero-order valence-electron chi connectivity index (χ0n) is 13.1. The molecule has 0 amide bonds. The fourth-order valence-electron chi connectivity index (χ4n) is 4.47. The van der Waals surface area contributed by atoms with Gasteiger partial charge in [0.25, 0.3) is 0 Å². The third-order valence-corrected chi connectivity index (χ3v) is 5.17. The van der Waals surface area contributed by atoms with Crippen molar-refractivity contribution in [2.75, 3.05) is 46.8 Å². The molecule has 0 aliphatic carbocycles. The zero-order valence-corrected chi connectivity index (χ0v) is 13.1. The van der Waals surface area contributed by atoms with Gasteiger partial charge in [0.05, 0.1) is 0 Å². The van der Waals surface area contributed by atoms with E-state index < -0.39 is 0 Å². The molecule has 1 atom stereocenters. The van der Waals surface area contributed by atoms with Gasteiger partial charge in [0, 0.05) is 6.54 Å². The molecule has 112 valence electrons. The van der Waals surface area contributed by atoms with Crippen molar-refractivity contribution in [2.45, 2.75) is 32.6 Å². The highest BCUT2D eigenvalue weighted by Crippen LogP contribution is 2.38. The van der Waals surface area contributed by atoms with E-state index in [-0.39, 0.29) is 0 Å². The van der Waals surface area contributed by atoms with Crippen LogP contribution in [0.3, 0.4) is 0 Å². The van der Waals surface area contributed by atoms with Gasteiger partial charge in [-0.15, -0.1) is 0 Å². The Kier molecular flexibility index (Phi) is 6.11. The lowest BCUT2D eigenvalue weighted by atomic mass is 9.68. The van der Waals surface area contributed by atoms with Crippen LogP contribution in [-0.2, 0) is 0 Å². The Balaban J connectivity index is 2.01. The van der Waals surface area contributed by atoms with Crippen molar-refractivity contribution in [1.29, 1.82) is 0 Å². The molecular formula is C16H33N3. The second-order valence-electron chi connectivity index (χ2n) is 6.99. The zero-order chi connectivity index (χ0) is 13.7. The number of hydrogen-bond acceptors (Lipinski definition) is 3. The molecule has 2 rings (SSSR count). The molecule has 0 aromatic rings. The summed E-state index contributed by atoms with van der Waals surface area (Å²) in [5, 5.41) is 7.06. The first-order valence-corrected chi connectivity index (χ1v) is 8.24. The molecule has 3 nitrogen and oxygen atoms in total. The molecule has 2 heterocycles. The second kappa shape index (κ2) is 7.61. The summed E-state index contributed by atoms with van der Waals surface area (Å²) in [7, 11) is 4.44. The summed E-state index contributed by atoms with van der Waals surface area (Å²) in [6, 6.07) is 0. The Hall–Kier alpha value is -0.120. The standard InChI is InChI=1S/C16H33N3/c1-13(12-19(2)3)16(14-4-8-17-9-5-14)15-6-10-18-11-7-15/h13-18H,4-12H2,1-3H3. The van der Waals surface area contributed by atoms with Crippen LogP contribution in [0.15, 0.2) is 0 Å². The molecule has 0 saturated carbocycles. The van der Waals surface area contributed by atoms with Crippen molar-refractivity contribution < 1.29 is 0 Å². The Morgan fingerprint density at radius 1 is 0.895 bits per heavy atom. The number of hydrogen-bond donors (Lipinski definition) is 2. The first kappa shape index (κ1) is 15.3. The highest BCUT2D eigenvalue weighted by Gasteiger charge is 2.34. The average molecular weight is 267 g/mol. The van der Waals surface area contributed by atoms with Gasteiger partial charge in [-0.05, 0) is 89.6 Å². The number of piperidine rings is 2. The van der Waals surface area contributed by atoms with Gasteiger partial charge < -0.3 is 15.5 Å². The van der Waals surface area contributed by atoms with Crippen LogP contribution in [0.5, 0.6) is 0 Å². The molecular weight excluding hydrogens is 234 g/mol. The van der Waals surface area contributed by atoms with E-state index in [0.29, 0.717) is 0 Å². The molecule has 0 radical (unpaired) electrons. The maximum Gasteiger partial charge on any atom is 0.000377 e. The van der Waals surface area contributed by atoms with Crippen molar-refractivity contribution in [3.8, 4) is 0 Å². The minimum atomic E-state index is 0.834. The van der Waals surface area contributed by atoms with E-state index in [1.165, 1.54) is 58.4 Å². The minimum absolute atomic E-state index is 0.834. The molecule has 2 aliphatic heterocycles. The molecule has 2 fully saturated rings. The van der Waals surface area contributed by atoms with E-state index in [0.717, 1.165) is 23.7 Å². The van der Waals surface area contributed by atoms with Crippen molar-refractivity contribution in [3.05, 3.63) is 0 Å². The summed E-state index contributed by atoms with van der Waals surface area (Å²) in [4.78, 5) is 2.37. The Bertz CT molecular complexity index is 224. The van der Waals surface area contributed by atoms with Crippen molar-refractivity contribution in [1.82, 2.24) is 15.5 Å². The Morgan fingerprint density at radius 2 is 1.32 bits per heavy atom. The van der Waals surface area contributed by atoms with Gasteiger partial charge in [-0.25, -0.2) is 0 Å². The minimum Gasteiger partial charge on any atom is -0.317 e. The number of rotatable bonds is 5. The van der Waals surface area contributed by atoms with Gasteiger partial charge in [0.2, 0.25) is 0 Å². The van der Waals surface area contributed by atoms with E-state index >= 15 is 0 Å². The van der Waals surface area contributed by atoms with Gasteiger partial charge in [0.1, 0.15) is 0 Å². The van der Waals surface area contributed by atoms with E-state index in [9.17, 15) is 0 Å². The van der Waals surface area contributed by atoms with Crippen molar-refractivity contribution >= 4 is 0 Å². The highest BCUT2D eigenvalue weighted by atomic mass is 15.1. The average Bonchev–Trinajstić information content (AvgIpc) is 2.40. The van der Waals surface area contributed by atoms with Gasteiger partial charge in [-0.2, -0.15) is 0 Å². The fourth-order valence-corrected chi connectivity index (χ4v) is 4.47. The SMILES string of the molecule is CC(CN(C)C)C(C1CCNCC1)C1CCNCC1. The third-order valence-electron chi connectivity index (χ3n) is 5.17. The van der Waals surface area contributed by atoms with E-state index in [2.05, 4.69) is 36.6 Å². The predicted molar refractivity (Wildman–Crippen MR) is 82.4 cm³/mol. The van der Waals surface area contributed by atoms with Crippen LogP contribution < -0.4 is 10.6 Å². The summed E-state index contributed by atoms with van der Waals surface area (Å²) in [6.45, 7) is 8.69. The maximum atomic E-state index is 3.53. The van der Waals surface area contributed by atoms with E-state index in [1.807, 2.05) is 0 Å². The first-order chi connectivity index (χ1) is 9.18. The van der Waals surface area contributed by atoms with Crippen LogP contribution >= 0.6 is 0 Å². The summed E-state index contributed by atoms with van der Waals surface area (Å²) in [5.74, 6) is 3.69. The Labute approximate surface area is 119 Å². The smallest absolute Gasteiger partial charge is 0.000377 e. The molecule has 19 heavy (non-hydrogen) atoms. The topological polar surface area (TPSA) is 27.3 Å². The lowest BCUT2D eigenvalue weighted by molar-refractivity contribution is 0.0884. The Morgan fingerprint density at radius 3 is 1.68 bits per heavy atom. The number of nitrogens with one attached hydrogen (secondary N) is 2. The molecule has 1 unspecified atom stereocenters. The molecule has 0 bridgehead atoms. The lowest BCUT2D eigenvalue weighted by Crippen LogP contribution is -2.43. The summed E-state index contributed by atoms with van der Waals surface area (Å²) >= 11 is 0. The molecule has 0 spiro atoms. The van der Waals surface area contributed by atoms with Crippen LogP contribution in [0.25, 0.3) is 0 Å². The molecule has 0 aromatic carbocycles. The highest BCUT2D eigenvalue weighted by molar-refractivity contribution is 4.87. The molecule has 3 heteroatoms. The summed E-state index contributed by atoms with van der Waals surface area (Å²) < 4.78 is 0. The molecule has 2 saturated heterocycles. The van der Waals surface area contributed by atoms with Gasteiger partial charge >= 0.3 is 0 Å². The predicted octanol–water partition coefficient (Wildman–Crippen LogP) is 1.80. The van der Waals surface area contributed by atoms with Gasteiger partial charge in [-0.1, -0.05) is 6.92 Å². The van der Waals surface area contributed by atoms with Crippen LogP contribution in [-0.4, -0.2) is 51.7 Å². The van der Waals surface area contributed by atoms with E-state index in [1.54, 1.807) is 0 Å². The van der Waals surface area contributed by atoms with Crippen LogP contribution in [0.4, 0.5) is 0 Å². The molecule has 2 N–H and O–H groups in total. The normalized spacial score (nSPS) is 25.1. The van der Waals surface area contributed by atoms with Crippen LogP contribution in [0, 0.1) is 23.7 Å². The van der Waals surface area contributed by atoms with Crippen LogP contribution in [0.1, 0.15) is 32.6 Å². The third kappa shape index (κ3) is 4.44. The molecule has 2 aliphatic rings. The lowest BCUT2D eigenvalue weighted by Gasteiger charge is -2.42. The fraction of sp³-hybridized carbons (Fsp3) is 1.00. The molecule has 0 aromatic heterocycles. The second-order valence-corrected chi connectivity index (χ2v) is 6.99. The largest absolute Gasteiger partial charge is 0.317 e. The van der Waals surface area contributed by atoms with Crippen LogP contribution in [0.2, 0.25) is 0 Å². The van der Waals surface area contributed by atoms with Crippen molar-refractivity contribution in [2.24, 2.45) is 23.7 Å². The maximum absolute atomic E-state index is 3.53. The summed E-state index contributed by atoms with van der Waals surface area (Å²) in [6.07, 6.45) is 5.58. The number of nitrogens with zero attached hydrogens (tertiary/aromatic N) is 1. The van der Waals surface area contributed by atoms with E-state index in [4.69, 9.17) is 0 Å². The van der Waals surface area contributed by atoms with Gasteiger partial charge in [0.15, 0.2) is 0 Å². The summed E-state index contributed by atoms with van der Waals surface area (Å²) in [5.41, 5.74) is 0. The monoisotopic (exact) mass is 267 g/mol.